The third-order valence-electron chi connectivity index (χ3n) is 3.63. The monoisotopic (exact) mass is 384 g/mol. The van der Waals surface area contributed by atoms with E-state index in [-0.39, 0.29) is 5.57 Å². The normalized spacial score (nSPS) is 11.2. The fraction of sp³-hybridized carbons (Fsp3) is 0. The van der Waals surface area contributed by atoms with Crippen LogP contribution in [0.5, 0.6) is 11.5 Å². The summed E-state index contributed by atoms with van der Waals surface area (Å²) in [5.74, 6) is 0.0994. The molecule has 5 heteroatoms. The molecule has 0 radical (unpaired) electrons. The summed E-state index contributed by atoms with van der Waals surface area (Å²) in [5.41, 5.74) is 1.62. The van der Waals surface area contributed by atoms with Crippen LogP contribution in [0.3, 0.4) is 0 Å². The van der Waals surface area contributed by atoms with Crippen LogP contribution in [0.1, 0.15) is 11.1 Å². The first kappa shape index (κ1) is 18.1. The molecule has 130 valence electrons. The predicted molar refractivity (Wildman–Crippen MR) is 105 cm³/mol. The molecule has 3 aromatic carbocycles. The van der Waals surface area contributed by atoms with Gasteiger partial charge < -0.3 is 9.84 Å². The molecular weight excluding hydrogens is 371 g/mol. The van der Waals surface area contributed by atoms with Gasteiger partial charge in [-0.05, 0) is 47.5 Å². The fourth-order valence-corrected chi connectivity index (χ4v) is 2.82. The number of ether oxygens (including phenoxy) is 1. The van der Waals surface area contributed by atoms with Gasteiger partial charge in [0.25, 0.3) is 0 Å². The minimum Gasteiger partial charge on any atom is -0.478 e. The van der Waals surface area contributed by atoms with E-state index in [0.717, 1.165) is 5.56 Å². The summed E-state index contributed by atoms with van der Waals surface area (Å²) in [6, 6.07) is 21.0. The molecule has 3 nitrogen and oxygen atoms in total. The molecule has 26 heavy (non-hydrogen) atoms. The molecule has 0 spiro atoms. The fourth-order valence-electron chi connectivity index (χ4n) is 2.37. The molecule has 3 rings (SSSR count). The number of carbonyl (C=O) groups is 1. The Morgan fingerprint density at radius 3 is 2.23 bits per heavy atom. The van der Waals surface area contributed by atoms with Crippen molar-refractivity contribution in [1.82, 2.24) is 0 Å². The minimum atomic E-state index is -0.982. The van der Waals surface area contributed by atoms with Crippen molar-refractivity contribution >= 4 is 40.8 Å². The van der Waals surface area contributed by atoms with Crippen LogP contribution in [0, 0.1) is 0 Å². The van der Waals surface area contributed by atoms with E-state index in [1.54, 1.807) is 72.8 Å². The van der Waals surface area contributed by atoms with E-state index in [1.807, 2.05) is 6.07 Å². The lowest BCUT2D eigenvalue weighted by molar-refractivity contribution is -0.130. The molecule has 0 heterocycles. The number of hydrogen-bond donors (Lipinski definition) is 1. The number of rotatable bonds is 5. The van der Waals surface area contributed by atoms with Gasteiger partial charge in [0.05, 0.1) is 10.6 Å². The van der Waals surface area contributed by atoms with Gasteiger partial charge in [-0.1, -0.05) is 65.7 Å². The molecule has 0 atom stereocenters. The Balaban J connectivity index is 1.83. The van der Waals surface area contributed by atoms with Gasteiger partial charge in [-0.15, -0.1) is 0 Å². The smallest absolute Gasteiger partial charge is 0.336 e. The third kappa shape index (κ3) is 4.45. The molecule has 0 saturated heterocycles. The molecular formula is C21H14Cl2O3. The lowest BCUT2D eigenvalue weighted by atomic mass is 10.0. The van der Waals surface area contributed by atoms with Crippen LogP contribution in [0.15, 0.2) is 72.8 Å². The Hall–Kier alpha value is -2.75. The highest BCUT2D eigenvalue weighted by Gasteiger charge is 2.10. The summed E-state index contributed by atoms with van der Waals surface area (Å²) in [6.45, 7) is 0. The second-order valence-electron chi connectivity index (χ2n) is 5.48. The van der Waals surface area contributed by atoms with Gasteiger partial charge in [-0.2, -0.15) is 0 Å². The maximum atomic E-state index is 11.6. The molecule has 0 aliphatic rings. The van der Waals surface area contributed by atoms with E-state index >= 15 is 0 Å². The number of aliphatic carboxylic acids is 1. The lowest BCUT2D eigenvalue weighted by Crippen LogP contribution is -1.99. The van der Waals surface area contributed by atoms with Gasteiger partial charge in [0.15, 0.2) is 0 Å². The number of benzene rings is 3. The van der Waals surface area contributed by atoms with Crippen molar-refractivity contribution in [2.45, 2.75) is 0 Å². The van der Waals surface area contributed by atoms with Crippen molar-refractivity contribution in [1.29, 1.82) is 0 Å². The molecule has 1 N–H and O–H groups in total. The van der Waals surface area contributed by atoms with Crippen molar-refractivity contribution in [2.75, 3.05) is 0 Å². The highest BCUT2D eigenvalue weighted by Crippen LogP contribution is 2.31. The van der Waals surface area contributed by atoms with E-state index in [0.29, 0.717) is 27.1 Å². The molecule has 0 aliphatic heterocycles. The molecule has 0 saturated carbocycles. The first-order valence-electron chi connectivity index (χ1n) is 7.76. The van der Waals surface area contributed by atoms with E-state index in [2.05, 4.69) is 0 Å². The van der Waals surface area contributed by atoms with Crippen molar-refractivity contribution < 1.29 is 14.6 Å². The highest BCUT2D eigenvalue weighted by molar-refractivity contribution is 6.35. The molecule has 0 bridgehead atoms. The van der Waals surface area contributed by atoms with Crippen LogP contribution >= 0.6 is 23.2 Å². The largest absolute Gasteiger partial charge is 0.478 e. The summed E-state index contributed by atoms with van der Waals surface area (Å²) in [6.07, 6.45) is 1.62. The molecule has 0 aliphatic carbocycles. The molecule has 0 unspecified atom stereocenters. The van der Waals surface area contributed by atoms with E-state index in [4.69, 9.17) is 27.9 Å². The van der Waals surface area contributed by atoms with Crippen LogP contribution in [0.25, 0.3) is 11.6 Å². The average molecular weight is 385 g/mol. The Morgan fingerprint density at radius 2 is 1.62 bits per heavy atom. The summed E-state index contributed by atoms with van der Waals surface area (Å²) in [4.78, 5) is 11.6. The van der Waals surface area contributed by atoms with Gasteiger partial charge >= 0.3 is 5.97 Å². The zero-order valence-electron chi connectivity index (χ0n) is 13.5. The van der Waals surface area contributed by atoms with Gasteiger partial charge in [0.2, 0.25) is 0 Å². The molecule has 0 aromatic heterocycles. The summed E-state index contributed by atoms with van der Waals surface area (Å²) in [5, 5.41) is 10.4. The number of carboxylic acids is 1. The third-order valence-corrected chi connectivity index (χ3v) is 4.16. The van der Waals surface area contributed by atoms with Crippen LogP contribution in [-0.2, 0) is 4.79 Å². The number of halogens is 2. The van der Waals surface area contributed by atoms with Gasteiger partial charge in [0, 0.05) is 5.02 Å². The molecule has 3 aromatic rings. The minimum absolute atomic E-state index is 0.222. The van der Waals surface area contributed by atoms with Crippen molar-refractivity contribution in [3.05, 3.63) is 94.0 Å². The SMILES string of the molecule is O=C(O)/C(=C/c1ccc(Oc2ccc(Cl)cc2Cl)cc1)c1ccccc1. The zero-order chi connectivity index (χ0) is 18.5. The van der Waals surface area contributed by atoms with Crippen LogP contribution in [0.2, 0.25) is 10.0 Å². The van der Waals surface area contributed by atoms with Crippen LogP contribution in [-0.4, -0.2) is 11.1 Å². The van der Waals surface area contributed by atoms with Gasteiger partial charge in [0.1, 0.15) is 11.5 Å². The topological polar surface area (TPSA) is 46.5 Å². The second-order valence-corrected chi connectivity index (χ2v) is 6.32. The Kier molecular flexibility index (Phi) is 5.61. The van der Waals surface area contributed by atoms with Crippen LogP contribution < -0.4 is 4.74 Å². The maximum Gasteiger partial charge on any atom is 0.336 e. The first-order chi connectivity index (χ1) is 12.5. The maximum absolute atomic E-state index is 11.6. The quantitative estimate of drug-likeness (QED) is 0.408. The first-order valence-corrected chi connectivity index (χ1v) is 8.52. The van der Waals surface area contributed by atoms with E-state index < -0.39 is 5.97 Å². The summed E-state index contributed by atoms with van der Waals surface area (Å²) < 4.78 is 5.73. The highest BCUT2D eigenvalue weighted by atomic mass is 35.5. The zero-order valence-corrected chi connectivity index (χ0v) is 15.0. The van der Waals surface area contributed by atoms with Crippen molar-refractivity contribution in [2.24, 2.45) is 0 Å². The average Bonchev–Trinajstić information content (AvgIpc) is 2.64. The van der Waals surface area contributed by atoms with Crippen LogP contribution in [0.4, 0.5) is 0 Å². The van der Waals surface area contributed by atoms with Crippen molar-refractivity contribution in [3.63, 3.8) is 0 Å². The predicted octanol–water partition coefficient (Wildman–Crippen LogP) is 6.41. The van der Waals surface area contributed by atoms with E-state index in [1.165, 1.54) is 0 Å². The second kappa shape index (κ2) is 8.09. The Labute approximate surface area is 161 Å². The molecule has 0 amide bonds. The van der Waals surface area contributed by atoms with Crippen molar-refractivity contribution in [3.8, 4) is 11.5 Å². The lowest BCUT2D eigenvalue weighted by Gasteiger charge is -2.08. The van der Waals surface area contributed by atoms with Gasteiger partial charge in [-0.3, -0.25) is 0 Å². The summed E-state index contributed by atoms with van der Waals surface area (Å²) in [7, 11) is 0. The Bertz CT molecular complexity index is 949. The number of hydrogen-bond acceptors (Lipinski definition) is 2. The summed E-state index contributed by atoms with van der Waals surface area (Å²) >= 11 is 12.0. The molecule has 0 fully saturated rings. The number of carboxylic acid groups (broad SMARTS) is 1. The van der Waals surface area contributed by atoms with Gasteiger partial charge in [-0.25, -0.2) is 4.79 Å². The standard InChI is InChI=1S/C21H14Cl2O3/c22-16-8-11-20(19(23)13-16)26-17-9-6-14(7-10-17)12-18(21(24)25)15-4-2-1-3-5-15/h1-13H,(H,24,25)/b18-12+. The Morgan fingerprint density at radius 1 is 0.923 bits per heavy atom. The van der Waals surface area contributed by atoms with E-state index in [9.17, 15) is 9.90 Å².